The first-order valence-corrected chi connectivity index (χ1v) is 9.69. The number of hydrogen-bond acceptors (Lipinski definition) is 5. The van der Waals surface area contributed by atoms with Gasteiger partial charge in [-0.05, 0) is 47.5 Å². The number of carbonyl (C=O) groups excluding carboxylic acids is 2. The van der Waals surface area contributed by atoms with Gasteiger partial charge in [0, 0.05) is 21.1 Å². The Kier molecular flexibility index (Phi) is 7.00. The van der Waals surface area contributed by atoms with Crippen LogP contribution in [0.15, 0.2) is 37.3 Å². The third kappa shape index (κ3) is 5.42. The zero-order valence-electron chi connectivity index (χ0n) is 13.1. The zero-order valence-corrected chi connectivity index (χ0v) is 17.1. The monoisotopic (exact) mass is 474 g/mol. The molecule has 24 heavy (non-hydrogen) atoms. The Hall–Kier alpha value is -1.19. The lowest BCUT2D eigenvalue weighted by molar-refractivity contribution is -0.122. The number of amidine groups is 1. The normalized spacial score (nSPS) is 19.5. The van der Waals surface area contributed by atoms with Gasteiger partial charge in [-0.25, -0.2) is 0 Å². The molecular formula is C15H16Br2N4O2S. The first-order valence-electron chi connectivity index (χ1n) is 7.22. The summed E-state index contributed by atoms with van der Waals surface area (Å²) in [6.07, 6.45) is 0.859. The summed E-state index contributed by atoms with van der Waals surface area (Å²) in [5, 5.41) is 13.4. The highest BCUT2D eigenvalue weighted by Gasteiger charge is 2.32. The van der Waals surface area contributed by atoms with Crippen molar-refractivity contribution in [3.05, 3.63) is 27.1 Å². The predicted octanol–water partition coefficient (Wildman–Crippen LogP) is 3.91. The molecule has 128 valence electrons. The summed E-state index contributed by atoms with van der Waals surface area (Å²) in [6.45, 7) is 3.85. The fraction of sp³-hybridized carbons (Fsp3) is 0.333. The minimum Gasteiger partial charge on any atom is -0.325 e. The van der Waals surface area contributed by atoms with Crippen molar-refractivity contribution >= 4 is 72.0 Å². The highest BCUT2D eigenvalue weighted by Crippen LogP contribution is 2.27. The molecule has 0 aromatic heterocycles. The molecule has 1 aliphatic heterocycles. The van der Waals surface area contributed by atoms with Crippen molar-refractivity contribution in [2.75, 3.05) is 5.32 Å². The van der Waals surface area contributed by atoms with Crippen molar-refractivity contribution in [2.45, 2.75) is 31.9 Å². The minimum absolute atomic E-state index is 0.0640. The van der Waals surface area contributed by atoms with Crippen LogP contribution in [0.4, 0.5) is 5.69 Å². The molecule has 2 rings (SSSR count). The molecule has 0 radical (unpaired) electrons. The van der Waals surface area contributed by atoms with Crippen LogP contribution in [0.3, 0.4) is 0 Å². The summed E-state index contributed by atoms with van der Waals surface area (Å²) in [6, 6.07) is 5.45. The minimum atomic E-state index is -0.505. The number of thioether (sulfide) groups is 1. The van der Waals surface area contributed by atoms with Gasteiger partial charge in [0.2, 0.25) is 11.8 Å². The predicted molar refractivity (Wildman–Crippen MR) is 105 cm³/mol. The Bertz CT molecular complexity index is 721. The van der Waals surface area contributed by atoms with Crippen molar-refractivity contribution in [3.63, 3.8) is 0 Å². The van der Waals surface area contributed by atoms with E-state index in [4.69, 9.17) is 0 Å². The first kappa shape index (κ1) is 19.1. The Morgan fingerprint density at radius 3 is 2.83 bits per heavy atom. The zero-order chi connectivity index (χ0) is 17.7. The van der Waals surface area contributed by atoms with Crippen LogP contribution in [0.1, 0.15) is 26.7 Å². The second-order valence-corrected chi connectivity index (χ2v) is 8.03. The molecule has 2 N–H and O–H groups in total. The molecular weight excluding hydrogens is 460 g/mol. The number of hydrogen-bond donors (Lipinski definition) is 2. The molecule has 1 heterocycles. The van der Waals surface area contributed by atoms with Gasteiger partial charge in [0.25, 0.3) is 0 Å². The standard InChI is InChI=1S/C15H16Br2N4O2S/c1-3-8(2)20-21-15-19-14(23)12(24-15)7-13(22)18-11-5-4-9(16)6-10(11)17/h4-6,12H,3,7H2,1-2H3,(H,18,22)(H,19,21,23)/b20-8-. The number of nitrogens with one attached hydrogen (secondary N) is 2. The second-order valence-electron chi connectivity index (χ2n) is 5.07. The number of anilines is 1. The molecule has 6 nitrogen and oxygen atoms in total. The van der Waals surface area contributed by atoms with Gasteiger partial charge in [-0.1, -0.05) is 34.6 Å². The molecule has 0 bridgehead atoms. The smallest absolute Gasteiger partial charge is 0.240 e. The summed E-state index contributed by atoms with van der Waals surface area (Å²) in [5.41, 5.74) is 1.53. The van der Waals surface area contributed by atoms with Crippen molar-refractivity contribution < 1.29 is 9.59 Å². The summed E-state index contributed by atoms with van der Waals surface area (Å²) < 4.78 is 1.67. The maximum atomic E-state index is 12.2. The molecule has 1 aromatic rings. The van der Waals surface area contributed by atoms with Gasteiger partial charge in [0.15, 0.2) is 5.17 Å². The van der Waals surface area contributed by atoms with E-state index in [0.717, 1.165) is 21.1 Å². The SMILES string of the molecule is CC/C(C)=N\N=C1/NC(=O)C(CC(=O)Nc2ccc(Br)cc2Br)S1. The number of halogens is 2. The van der Waals surface area contributed by atoms with E-state index < -0.39 is 5.25 Å². The molecule has 1 fully saturated rings. The van der Waals surface area contributed by atoms with Gasteiger partial charge in [-0.3, -0.25) is 9.59 Å². The Morgan fingerprint density at radius 2 is 2.17 bits per heavy atom. The molecule has 1 atom stereocenters. The van der Waals surface area contributed by atoms with Gasteiger partial charge < -0.3 is 10.6 Å². The van der Waals surface area contributed by atoms with Gasteiger partial charge >= 0.3 is 0 Å². The average Bonchev–Trinajstić information content (AvgIpc) is 2.87. The molecule has 0 saturated carbocycles. The van der Waals surface area contributed by atoms with Crippen LogP contribution in [-0.2, 0) is 9.59 Å². The molecule has 1 unspecified atom stereocenters. The first-order chi connectivity index (χ1) is 11.4. The summed E-state index contributed by atoms with van der Waals surface area (Å²) >= 11 is 7.96. The molecule has 1 aromatic carbocycles. The maximum absolute atomic E-state index is 12.2. The average molecular weight is 476 g/mol. The van der Waals surface area contributed by atoms with Gasteiger partial charge in [0.05, 0.1) is 5.69 Å². The van der Waals surface area contributed by atoms with Gasteiger partial charge in [-0.15, -0.1) is 5.10 Å². The number of benzene rings is 1. The quantitative estimate of drug-likeness (QED) is 0.500. The highest BCUT2D eigenvalue weighted by atomic mass is 79.9. The van der Waals surface area contributed by atoms with E-state index in [1.807, 2.05) is 26.0 Å². The number of carbonyl (C=O) groups is 2. The maximum Gasteiger partial charge on any atom is 0.240 e. The van der Waals surface area contributed by atoms with E-state index in [2.05, 4.69) is 52.7 Å². The molecule has 0 aliphatic carbocycles. The van der Waals surface area contributed by atoms with Crippen LogP contribution in [0.2, 0.25) is 0 Å². The second kappa shape index (κ2) is 8.77. The lowest BCUT2D eigenvalue weighted by Crippen LogP contribution is -2.28. The largest absolute Gasteiger partial charge is 0.325 e. The summed E-state index contributed by atoms with van der Waals surface area (Å²) in [7, 11) is 0. The van der Waals surface area contributed by atoms with E-state index >= 15 is 0 Å². The molecule has 1 saturated heterocycles. The fourth-order valence-electron chi connectivity index (χ4n) is 1.75. The lowest BCUT2D eigenvalue weighted by atomic mass is 10.2. The van der Waals surface area contributed by atoms with E-state index in [1.165, 1.54) is 11.8 Å². The molecule has 0 spiro atoms. The van der Waals surface area contributed by atoms with Crippen LogP contribution in [-0.4, -0.2) is 27.9 Å². The Balaban J connectivity index is 1.96. The van der Waals surface area contributed by atoms with E-state index in [0.29, 0.717) is 10.9 Å². The van der Waals surface area contributed by atoms with Gasteiger partial charge in [0.1, 0.15) is 5.25 Å². The van der Waals surface area contributed by atoms with Crippen LogP contribution in [0.25, 0.3) is 0 Å². The van der Waals surface area contributed by atoms with Crippen molar-refractivity contribution in [1.29, 1.82) is 0 Å². The molecule has 2 amide bonds. The van der Waals surface area contributed by atoms with Crippen molar-refractivity contribution in [2.24, 2.45) is 10.2 Å². The molecule has 1 aliphatic rings. The van der Waals surface area contributed by atoms with Crippen molar-refractivity contribution in [1.82, 2.24) is 5.32 Å². The van der Waals surface area contributed by atoms with Crippen molar-refractivity contribution in [3.8, 4) is 0 Å². The number of amides is 2. The number of nitrogens with zero attached hydrogens (tertiary/aromatic N) is 2. The lowest BCUT2D eigenvalue weighted by Gasteiger charge is -2.09. The van der Waals surface area contributed by atoms with Gasteiger partial charge in [-0.2, -0.15) is 5.10 Å². The summed E-state index contributed by atoms with van der Waals surface area (Å²) in [5.74, 6) is -0.465. The fourth-order valence-corrected chi connectivity index (χ4v) is 3.81. The summed E-state index contributed by atoms with van der Waals surface area (Å²) in [4.78, 5) is 24.1. The van der Waals surface area contributed by atoms with Crippen LogP contribution < -0.4 is 10.6 Å². The van der Waals surface area contributed by atoms with Crippen LogP contribution in [0, 0.1) is 0 Å². The molecule has 9 heteroatoms. The Labute approximate surface area is 161 Å². The van der Waals surface area contributed by atoms with E-state index in [-0.39, 0.29) is 18.2 Å². The third-order valence-corrected chi connectivity index (χ3v) is 5.40. The highest BCUT2D eigenvalue weighted by molar-refractivity contribution is 9.11. The van der Waals surface area contributed by atoms with Crippen LogP contribution >= 0.6 is 43.6 Å². The van der Waals surface area contributed by atoms with E-state index in [9.17, 15) is 9.59 Å². The topological polar surface area (TPSA) is 82.9 Å². The van der Waals surface area contributed by atoms with Crippen LogP contribution in [0.5, 0.6) is 0 Å². The third-order valence-electron chi connectivity index (χ3n) is 3.18. The number of rotatable bonds is 5. The van der Waals surface area contributed by atoms with E-state index in [1.54, 1.807) is 6.07 Å². The Morgan fingerprint density at radius 1 is 1.42 bits per heavy atom.